The van der Waals surface area contributed by atoms with Gasteiger partial charge in [0.2, 0.25) is 0 Å². The number of pyridine rings is 1. The Labute approximate surface area is 127 Å². The molecule has 0 saturated carbocycles. The quantitative estimate of drug-likeness (QED) is 0.923. The number of aromatic nitrogens is 1. The van der Waals surface area contributed by atoms with Gasteiger partial charge in [-0.15, -0.1) is 0 Å². The summed E-state index contributed by atoms with van der Waals surface area (Å²) in [7, 11) is 0. The third-order valence-corrected chi connectivity index (χ3v) is 4.78. The van der Waals surface area contributed by atoms with E-state index in [1.807, 2.05) is 12.3 Å². The van der Waals surface area contributed by atoms with E-state index in [1.165, 1.54) is 0 Å². The molecule has 0 aliphatic carbocycles. The van der Waals surface area contributed by atoms with Crippen molar-refractivity contribution in [2.45, 2.75) is 19.4 Å². The molecule has 0 bridgehead atoms. The summed E-state index contributed by atoms with van der Waals surface area (Å²) in [5, 5.41) is 5.64. The molecule has 3 rings (SSSR count). The Morgan fingerprint density at radius 2 is 1.90 bits per heavy atom. The van der Waals surface area contributed by atoms with Gasteiger partial charge >= 0.3 is 0 Å². The Kier molecular flexibility index (Phi) is 4.01. The molecular weight excluding hydrogens is 295 g/mol. The zero-order valence-electron chi connectivity index (χ0n) is 11.0. The van der Waals surface area contributed by atoms with Crippen LogP contribution < -0.4 is 10.9 Å². The molecule has 106 valence electrons. The van der Waals surface area contributed by atoms with E-state index >= 15 is 0 Å². The van der Waals surface area contributed by atoms with Crippen molar-refractivity contribution in [3.63, 3.8) is 0 Å². The van der Waals surface area contributed by atoms with E-state index < -0.39 is 0 Å². The van der Waals surface area contributed by atoms with Gasteiger partial charge in [0.15, 0.2) is 0 Å². The minimum atomic E-state index is 0.0135. The molecule has 0 spiro atoms. The average molecular weight is 311 g/mol. The second-order valence-corrected chi connectivity index (χ2v) is 6.07. The molecule has 1 saturated heterocycles. The highest BCUT2D eigenvalue weighted by Gasteiger charge is 2.15. The Bertz CT molecular complexity index is 690. The van der Waals surface area contributed by atoms with E-state index in [0.29, 0.717) is 21.3 Å². The number of nitrogens with zero attached hydrogens (tertiary/aromatic N) is 1. The summed E-state index contributed by atoms with van der Waals surface area (Å²) >= 11 is 12.1. The van der Waals surface area contributed by atoms with Crippen molar-refractivity contribution >= 4 is 34.0 Å². The summed E-state index contributed by atoms with van der Waals surface area (Å²) in [6.07, 6.45) is 4.06. The molecule has 2 aromatic rings. The van der Waals surface area contributed by atoms with E-state index in [1.54, 1.807) is 16.7 Å². The largest absolute Gasteiger partial charge is 0.317 e. The molecule has 3 nitrogen and oxygen atoms in total. The second kappa shape index (κ2) is 5.76. The minimum Gasteiger partial charge on any atom is -0.317 e. The van der Waals surface area contributed by atoms with E-state index in [2.05, 4.69) is 5.32 Å². The number of hydrogen-bond donors (Lipinski definition) is 1. The maximum absolute atomic E-state index is 12.5. The van der Waals surface area contributed by atoms with Gasteiger partial charge in [0.1, 0.15) is 0 Å². The van der Waals surface area contributed by atoms with Crippen molar-refractivity contribution in [1.82, 2.24) is 9.88 Å². The van der Waals surface area contributed by atoms with Gasteiger partial charge in [-0.05, 0) is 50.0 Å². The fourth-order valence-electron chi connectivity index (χ4n) is 2.79. The number of fused-ring (bicyclic) bond motifs is 1. The van der Waals surface area contributed by atoms with Crippen LogP contribution in [0, 0.1) is 5.92 Å². The van der Waals surface area contributed by atoms with Crippen LogP contribution in [-0.2, 0) is 6.54 Å². The maximum Gasteiger partial charge on any atom is 0.258 e. The molecule has 1 aromatic carbocycles. The Balaban J connectivity index is 1.99. The highest BCUT2D eigenvalue weighted by Crippen LogP contribution is 2.29. The number of benzene rings is 1. The Hall–Kier alpha value is -1.03. The van der Waals surface area contributed by atoms with Crippen LogP contribution in [0.5, 0.6) is 0 Å². The van der Waals surface area contributed by atoms with Gasteiger partial charge in [0, 0.05) is 23.5 Å². The first-order chi connectivity index (χ1) is 9.66. The number of rotatable bonds is 2. The van der Waals surface area contributed by atoms with E-state index in [0.717, 1.165) is 37.9 Å². The van der Waals surface area contributed by atoms with Gasteiger partial charge in [-0.25, -0.2) is 0 Å². The molecule has 0 unspecified atom stereocenters. The molecule has 1 aliphatic rings. The third-order valence-electron chi connectivity index (χ3n) is 3.96. The van der Waals surface area contributed by atoms with Gasteiger partial charge in [-0.3, -0.25) is 4.79 Å². The summed E-state index contributed by atoms with van der Waals surface area (Å²) in [6.45, 7) is 2.85. The first-order valence-corrected chi connectivity index (χ1v) is 7.60. The summed E-state index contributed by atoms with van der Waals surface area (Å²) in [5.74, 6) is 0.564. The van der Waals surface area contributed by atoms with Crippen molar-refractivity contribution in [3.8, 4) is 0 Å². The van der Waals surface area contributed by atoms with Crippen molar-refractivity contribution in [3.05, 3.63) is 44.8 Å². The van der Waals surface area contributed by atoms with Crippen LogP contribution in [0.25, 0.3) is 10.8 Å². The molecule has 0 atom stereocenters. The van der Waals surface area contributed by atoms with Crippen LogP contribution in [-0.4, -0.2) is 17.7 Å². The molecule has 0 radical (unpaired) electrons. The van der Waals surface area contributed by atoms with Crippen molar-refractivity contribution in [2.75, 3.05) is 13.1 Å². The molecular formula is C15H16Cl2N2O. The molecule has 1 N–H and O–H groups in total. The fourth-order valence-corrected chi connectivity index (χ4v) is 3.18. The molecule has 2 heterocycles. The number of piperidine rings is 1. The smallest absolute Gasteiger partial charge is 0.258 e. The Morgan fingerprint density at radius 1 is 1.15 bits per heavy atom. The lowest BCUT2D eigenvalue weighted by molar-refractivity contribution is 0.330. The predicted octanol–water partition coefficient (Wildman–Crippen LogP) is 3.31. The average Bonchev–Trinajstić information content (AvgIpc) is 2.47. The highest BCUT2D eigenvalue weighted by molar-refractivity contribution is 6.45. The number of nitrogens with one attached hydrogen (secondary N) is 1. The second-order valence-electron chi connectivity index (χ2n) is 5.29. The third kappa shape index (κ3) is 2.58. The summed E-state index contributed by atoms with van der Waals surface area (Å²) < 4.78 is 1.79. The van der Waals surface area contributed by atoms with Gasteiger partial charge in [-0.2, -0.15) is 0 Å². The monoisotopic (exact) mass is 310 g/mol. The van der Waals surface area contributed by atoms with Gasteiger partial charge in [-0.1, -0.05) is 23.2 Å². The summed E-state index contributed by atoms with van der Waals surface area (Å²) in [5.41, 5.74) is 0.0135. The van der Waals surface area contributed by atoms with Crippen molar-refractivity contribution < 1.29 is 0 Å². The van der Waals surface area contributed by atoms with Crippen LogP contribution in [0.3, 0.4) is 0 Å². The van der Waals surface area contributed by atoms with Crippen LogP contribution in [0.2, 0.25) is 10.0 Å². The highest BCUT2D eigenvalue weighted by atomic mass is 35.5. The van der Waals surface area contributed by atoms with E-state index in [-0.39, 0.29) is 5.56 Å². The van der Waals surface area contributed by atoms with Gasteiger partial charge < -0.3 is 9.88 Å². The van der Waals surface area contributed by atoms with Crippen molar-refractivity contribution in [1.29, 1.82) is 0 Å². The van der Waals surface area contributed by atoms with Gasteiger partial charge in [0.05, 0.1) is 10.0 Å². The minimum absolute atomic E-state index is 0.0135. The molecule has 20 heavy (non-hydrogen) atoms. The lowest BCUT2D eigenvalue weighted by atomic mass is 9.98. The standard InChI is InChI=1S/C15H16Cl2N2O/c16-13-2-1-12-11(14(13)17)5-8-19(15(12)20)9-10-3-6-18-7-4-10/h1-2,5,8,10,18H,3-4,6-7,9H2. The molecule has 5 heteroatoms. The SMILES string of the molecule is O=c1c2ccc(Cl)c(Cl)c2ccn1CC1CCNCC1. The Morgan fingerprint density at radius 3 is 2.65 bits per heavy atom. The number of hydrogen-bond acceptors (Lipinski definition) is 2. The zero-order chi connectivity index (χ0) is 14.1. The summed E-state index contributed by atoms with van der Waals surface area (Å²) in [4.78, 5) is 12.5. The van der Waals surface area contributed by atoms with Crippen molar-refractivity contribution in [2.24, 2.45) is 5.92 Å². The first kappa shape index (κ1) is 13.9. The summed E-state index contributed by atoms with van der Waals surface area (Å²) in [6, 6.07) is 5.32. The predicted molar refractivity (Wildman–Crippen MR) is 83.8 cm³/mol. The molecule has 0 amide bonds. The normalized spacial score (nSPS) is 16.7. The maximum atomic E-state index is 12.5. The van der Waals surface area contributed by atoms with Crippen LogP contribution in [0.1, 0.15) is 12.8 Å². The van der Waals surface area contributed by atoms with Crippen LogP contribution >= 0.6 is 23.2 Å². The molecule has 1 aliphatic heterocycles. The van der Waals surface area contributed by atoms with E-state index in [4.69, 9.17) is 23.2 Å². The fraction of sp³-hybridized carbons (Fsp3) is 0.400. The molecule has 1 fully saturated rings. The first-order valence-electron chi connectivity index (χ1n) is 6.84. The lowest BCUT2D eigenvalue weighted by Gasteiger charge is -2.23. The topological polar surface area (TPSA) is 34.0 Å². The number of halogens is 2. The van der Waals surface area contributed by atoms with Crippen LogP contribution in [0.15, 0.2) is 29.2 Å². The van der Waals surface area contributed by atoms with Crippen LogP contribution in [0.4, 0.5) is 0 Å². The molecule has 1 aromatic heterocycles. The van der Waals surface area contributed by atoms with E-state index in [9.17, 15) is 4.79 Å². The zero-order valence-corrected chi connectivity index (χ0v) is 12.5. The lowest BCUT2D eigenvalue weighted by Crippen LogP contribution is -2.32. The van der Waals surface area contributed by atoms with Gasteiger partial charge in [0.25, 0.3) is 5.56 Å².